The van der Waals surface area contributed by atoms with Crippen LogP contribution in [0.5, 0.6) is 0 Å². The second-order valence-corrected chi connectivity index (χ2v) is 10.3. The molecule has 1 heterocycles. The Balaban J connectivity index is 1.51. The summed E-state index contributed by atoms with van der Waals surface area (Å²) in [6.07, 6.45) is 0.145. The first-order valence-corrected chi connectivity index (χ1v) is 13.0. The van der Waals surface area contributed by atoms with Gasteiger partial charge in [0.2, 0.25) is 17.7 Å². The largest absolute Gasteiger partial charge is 0.469 e. The zero-order valence-corrected chi connectivity index (χ0v) is 21.5. The summed E-state index contributed by atoms with van der Waals surface area (Å²) in [5.41, 5.74) is -0.386. The van der Waals surface area contributed by atoms with Crippen LogP contribution in [-0.4, -0.2) is 54.8 Å². The lowest BCUT2D eigenvalue weighted by molar-refractivity contribution is -0.160. The molecule has 204 valence electrons. The topological polar surface area (TPSA) is 66.9 Å². The van der Waals surface area contributed by atoms with Gasteiger partial charge < -0.3 is 14.5 Å². The molecule has 1 saturated carbocycles. The molecule has 1 aliphatic carbocycles. The number of likely N-dealkylation sites (tertiary alicyclic amines) is 1. The number of carbonyl (C=O) groups excluding carboxylic acids is 3. The number of esters is 1. The van der Waals surface area contributed by atoms with Crippen molar-refractivity contribution in [1.82, 2.24) is 4.90 Å². The molecule has 0 spiro atoms. The number of rotatable bonds is 7. The SMILES string of the molecule is COC(=O)C1(CC(=O)N(c2ccccc2)C2CCCC(F)(F)C2)CCN(C(=O)Cc2ccccc2F)CC1. The van der Waals surface area contributed by atoms with Crippen LogP contribution in [0.1, 0.15) is 50.5 Å². The first kappa shape index (κ1) is 27.7. The summed E-state index contributed by atoms with van der Waals surface area (Å²) in [6, 6.07) is 14.1. The molecule has 1 atom stereocenters. The van der Waals surface area contributed by atoms with E-state index in [1.165, 1.54) is 18.1 Å². The third kappa shape index (κ3) is 6.19. The van der Waals surface area contributed by atoms with Gasteiger partial charge in [-0.1, -0.05) is 36.4 Å². The van der Waals surface area contributed by atoms with Gasteiger partial charge in [0.25, 0.3) is 0 Å². The number of nitrogens with zero attached hydrogens (tertiary/aromatic N) is 2. The molecule has 38 heavy (non-hydrogen) atoms. The first-order chi connectivity index (χ1) is 18.1. The Morgan fingerprint density at radius 2 is 1.66 bits per heavy atom. The maximum atomic E-state index is 14.3. The minimum atomic E-state index is -2.86. The monoisotopic (exact) mass is 530 g/mol. The Bertz CT molecular complexity index is 1150. The summed E-state index contributed by atoms with van der Waals surface area (Å²) >= 11 is 0. The number of hydrogen-bond donors (Lipinski definition) is 0. The number of carbonyl (C=O) groups is 3. The van der Waals surface area contributed by atoms with E-state index in [4.69, 9.17) is 4.74 Å². The van der Waals surface area contributed by atoms with E-state index in [0.717, 1.165) is 0 Å². The lowest BCUT2D eigenvalue weighted by Crippen LogP contribution is -2.52. The Morgan fingerprint density at radius 1 is 1.00 bits per heavy atom. The summed E-state index contributed by atoms with van der Waals surface area (Å²) < 4.78 is 47.8. The lowest BCUT2D eigenvalue weighted by atomic mass is 9.74. The van der Waals surface area contributed by atoms with Gasteiger partial charge in [-0.15, -0.1) is 0 Å². The van der Waals surface area contributed by atoms with Crippen molar-refractivity contribution in [2.24, 2.45) is 5.41 Å². The molecule has 2 aromatic carbocycles. The molecular weight excluding hydrogens is 497 g/mol. The molecule has 1 aliphatic heterocycles. The number of alkyl halides is 2. The van der Waals surface area contributed by atoms with Crippen molar-refractivity contribution in [2.75, 3.05) is 25.1 Å². The summed E-state index contributed by atoms with van der Waals surface area (Å²) in [6.45, 7) is 0.394. The number of methoxy groups -OCH3 is 1. The fraction of sp³-hybridized carbons (Fsp3) is 0.483. The van der Waals surface area contributed by atoms with Gasteiger partial charge in [-0.2, -0.15) is 0 Å². The molecule has 1 unspecified atom stereocenters. The quantitative estimate of drug-likeness (QED) is 0.465. The number of anilines is 1. The predicted octanol–water partition coefficient (Wildman–Crippen LogP) is 5.15. The molecule has 9 heteroatoms. The summed E-state index contributed by atoms with van der Waals surface area (Å²) in [7, 11) is 1.25. The molecular formula is C29H33F3N2O4. The van der Waals surface area contributed by atoms with Crippen LogP contribution in [0.4, 0.5) is 18.9 Å². The predicted molar refractivity (Wildman–Crippen MR) is 136 cm³/mol. The van der Waals surface area contributed by atoms with E-state index in [2.05, 4.69) is 0 Å². The van der Waals surface area contributed by atoms with E-state index in [-0.39, 0.29) is 51.1 Å². The van der Waals surface area contributed by atoms with E-state index in [9.17, 15) is 27.6 Å². The minimum absolute atomic E-state index is 0.103. The number of para-hydroxylation sites is 1. The Morgan fingerprint density at radius 3 is 2.29 bits per heavy atom. The van der Waals surface area contributed by atoms with E-state index >= 15 is 0 Å². The zero-order valence-electron chi connectivity index (χ0n) is 21.5. The normalized spacial score (nSPS) is 20.4. The van der Waals surface area contributed by atoms with E-state index in [1.807, 2.05) is 0 Å². The third-order valence-corrected chi connectivity index (χ3v) is 7.76. The maximum absolute atomic E-state index is 14.3. The second kappa shape index (κ2) is 11.6. The average Bonchev–Trinajstić information content (AvgIpc) is 2.90. The van der Waals surface area contributed by atoms with Crippen molar-refractivity contribution in [1.29, 1.82) is 0 Å². The van der Waals surface area contributed by atoms with Crippen LogP contribution in [0, 0.1) is 11.2 Å². The Kier molecular flexibility index (Phi) is 8.43. The van der Waals surface area contributed by atoms with Crippen molar-refractivity contribution in [3.8, 4) is 0 Å². The summed E-state index contributed by atoms with van der Waals surface area (Å²) in [4.78, 5) is 42.6. The number of ether oxygens (including phenoxy) is 1. The maximum Gasteiger partial charge on any atom is 0.312 e. The number of piperidine rings is 1. The number of amides is 2. The Hall–Kier alpha value is -3.36. The van der Waals surface area contributed by atoms with Crippen molar-refractivity contribution >= 4 is 23.5 Å². The van der Waals surface area contributed by atoms with Gasteiger partial charge in [0.1, 0.15) is 5.82 Å². The molecule has 0 aromatic heterocycles. The van der Waals surface area contributed by atoms with Crippen molar-refractivity contribution in [2.45, 2.75) is 63.3 Å². The van der Waals surface area contributed by atoms with Crippen molar-refractivity contribution < 1.29 is 32.3 Å². The summed E-state index contributed by atoms with van der Waals surface area (Å²) in [5.74, 6) is -4.57. The molecule has 2 amide bonds. The van der Waals surface area contributed by atoms with E-state index in [1.54, 1.807) is 53.4 Å². The minimum Gasteiger partial charge on any atom is -0.469 e. The molecule has 0 radical (unpaired) electrons. The fourth-order valence-corrected chi connectivity index (χ4v) is 5.66. The Labute approximate surface area is 220 Å². The van der Waals surface area contributed by atoms with Crippen LogP contribution in [-0.2, 0) is 25.5 Å². The van der Waals surface area contributed by atoms with Crippen LogP contribution >= 0.6 is 0 Å². The second-order valence-electron chi connectivity index (χ2n) is 10.3. The highest BCUT2D eigenvalue weighted by Crippen LogP contribution is 2.41. The molecule has 2 aromatic rings. The van der Waals surface area contributed by atoms with Crippen LogP contribution in [0.25, 0.3) is 0 Å². The highest BCUT2D eigenvalue weighted by atomic mass is 19.3. The number of hydrogen-bond acceptors (Lipinski definition) is 4. The van der Waals surface area contributed by atoms with E-state index < -0.39 is 41.5 Å². The van der Waals surface area contributed by atoms with Gasteiger partial charge in [-0.3, -0.25) is 14.4 Å². The fourth-order valence-electron chi connectivity index (χ4n) is 5.66. The molecule has 2 fully saturated rings. The number of halogens is 3. The smallest absolute Gasteiger partial charge is 0.312 e. The highest BCUT2D eigenvalue weighted by Gasteiger charge is 2.47. The molecule has 0 bridgehead atoms. The average molecular weight is 531 g/mol. The molecule has 4 rings (SSSR count). The van der Waals surface area contributed by atoms with Crippen LogP contribution in [0.3, 0.4) is 0 Å². The van der Waals surface area contributed by atoms with Crippen LogP contribution in [0.2, 0.25) is 0 Å². The first-order valence-electron chi connectivity index (χ1n) is 13.0. The summed E-state index contributed by atoms with van der Waals surface area (Å²) in [5, 5.41) is 0. The lowest BCUT2D eigenvalue weighted by Gasteiger charge is -2.42. The van der Waals surface area contributed by atoms with Gasteiger partial charge in [0.05, 0.1) is 18.9 Å². The van der Waals surface area contributed by atoms with Gasteiger partial charge in [-0.05, 0) is 49.4 Å². The van der Waals surface area contributed by atoms with Crippen molar-refractivity contribution in [3.05, 3.63) is 66.0 Å². The highest BCUT2D eigenvalue weighted by molar-refractivity contribution is 5.97. The molecule has 0 N–H and O–H groups in total. The molecule has 6 nitrogen and oxygen atoms in total. The van der Waals surface area contributed by atoms with Crippen molar-refractivity contribution in [3.63, 3.8) is 0 Å². The van der Waals surface area contributed by atoms with Gasteiger partial charge in [0, 0.05) is 44.1 Å². The van der Waals surface area contributed by atoms with Crippen LogP contribution in [0.15, 0.2) is 54.6 Å². The third-order valence-electron chi connectivity index (χ3n) is 7.76. The molecule has 1 saturated heterocycles. The van der Waals surface area contributed by atoms with Gasteiger partial charge >= 0.3 is 5.97 Å². The van der Waals surface area contributed by atoms with Gasteiger partial charge in [0.15, 0.2) is 0 Å². The standard InChI is InChI=1S/C29H33F3N2O4/c1-38-27(37)28(14-16-33(17-15-28)25(35)18-21-8-5-6-12-24(21)30)20-26(36)34(22-9-3-2-4-10-22)23-11-7-13-29(31,32)19-23/h2-6,8-10,12,23H,7,11,13-20H2,1H3. The molecule has 2 aliphatic rings. The number of benzene rings is 2. The van der Waals surface area contributed by atoms with Crippen LogP contribution < -0.4 is 4.90 Å². The van der Waals surface area contributed by atoms with Gasteiger partial charge in [-0.25, -0.2) is 13.2 Å². The van der Waals surface area contributed by atoms with E-state index in [0.29, 0.717) is 24.1 Å². The zero-order chi connectivity index (χ0) is 27.3.